The van der Waals surface area contributed by atoms with Crippen molar-refractivity contribution in [1.82, 2.24) is 19.9 Å². The zero-order chi connectivity index (χ0) is 17.8. The lowest BCUT2D eigenvalue weighted by molar-refractivity contribution is 0.252. The molecular formula is C20H17N5O. The number of amides is 2. The predicted molar refractivity (Wildman–Crippen MR) is 101 cm³/mol. The van der Waals surface area contributed by atoms with E-state index in [4.69, 9.17) is 0 Å². The van der Waals surface area contributed by atoms with Crippen molar-refractivity contribution in [3.8, 4) is 5.82 Å². The highest BCUT2D eigenvalue weighted by molar-refractivity contribution is 6.01. The lowest BCUT2D eigenvalue weighted by Gasteiger charge is -2.10. The number of anilines is 1. The Kier molecular flexibility index (Phi) is 4.30. The Hall–Kier alpha value is -3.67. The highest BCUT2D eigenvalue weighted by Crippen LogP contribution is 2.22. The zero-order valence-corrected chi connectivity index (χ0v) is 14.0. The number of pyridine rings is 1. The van der Waals surface area contributed by atoms with Crippen LogP contribution in [0.3, 0.4) is 0 Å². The summed E-state index contributed by atoms with van der Waals surface area (Å²) in [6.45, 7) is 0.397. The summed E-state index contributed by atoms with van der Waals surface area (Å²) in [6, 6.07) is 17.4. The molecule has 4 rings (SSSR count). The van der Waals surface area contributed by atoms with Gasteiger partial charge in [0.15, 0.2) is 0 Å². The van der Waals surface area contributed by atoms with Crippen LogP contribution < -0.4 is 10.6 Å². The summed E-state index contributed by atoms with van der Waals surface area (Å²) in [5.74, 6) is 0.784. The van der Waals surface area contributed by atoms with Gasteiger partial charge in [-0.2, -0.15) is 0 Å². The van der Waals surface area contributed by atoms with E-state index in [1.165, 1.54) is 0 Å². The molecule has 0 spiro atoms. The number of benzene rings is 2. The summed E-state index contributed by atoms with van der Waals surface area (Å²) in [4.78, 5) is 20.6. The Labute approximate surface area is 150 Å². The number of nitrogens with one attached hydrogen (secondary N) is 2. The van der Waals surface area contributed by atoms with E-state index in [0.717, 1.165) is 27.8 Å². The third-order valence-electron chi connectivity index (χ3n) is 4.07. The highest BCUT2D eigenvalue weighted by Gasteiger charge is 2.05. The molecule has 6 heteroatoms. The molecule has 0 radical (unpaired) electrons. The van der Waals surface area contributed by atoms with Gasteiger partial charge in [0, 0.05) is 30.5 Å². The molecule has 0 bridgehead atoms. The Morgan fingerprint density at radius 3 is 2.73 bits per heavy atom. The van der Waals surface area contributed by atoms with Gasteiger partial charge < -0.3 is 10.6 Å². The summed E-state index contributed by atoms with van der Waals surface area (Å²) in [5, 5.41) is 7.86. The second-order valence-corrected chi connectivity index (χ2v) is 5.83. The second-order valence-electron chi connectivity index (χ2n) is 5.83. The quantitative estimate of drug-likeness (QED) is 0.593. The van der Waals surface area contributed by atoms with Gasteiger partial charge in [0.2, 0.25) is 0 Å². The molecule has 0 unspecified atom stereocenters. The third-order valence-corrected chi connectivity index (χ3v) is 4.07. The monoisotopic (exact) mass is 343 g/mol. The van der Waals surface area contributed by atoms with Crippen molar-refractivity contribution in [2.45, 2.75) is 6.54 Å². The van der Waals surface area contributed by atoms with Crippen LogP contribution in [-0.2, 0) is 6.54 Å². The summed E-state index contributed by atoms with van der Waals surface area (Å²) in [6.07, 6.45) is 6.97. The lowest BCUT2D eigenvalue weighted by Crippen LogP contribution is -2.28. The molecule has 2 heterocycles. The Balaban J connectivity index is 1.39. The Morgan fingerprint density at radius 1 is 1.04 bits per heavy atom. The van der Waals surface area contributed by atoms with E-state index < -0.39 is 0 Å². The topological polar surface area (TPSA) is 71.8 Å². The largest absolute Gasteiger partial charge is 0.334 e. The number of rotatable bonds is 4. The summed E-state index contributed by atoms with van der Waals surface area (Å²) >= 11 is 0. The molecule has 6 nitrogen and oxygen atoms in total. The van der Waals surface area contributed by atoms with Gasteiger partial charge in [-0.1, -0.05) is 42.5 Å². The van der Waals surface area contributed by atoms with Crippen LogP contribution in [0.5, 0.6) is 0 Å². The minimum absolute atomic E-state index is 0.250. The molecule has 2 aromatic carbocycles. The molecule has 0 aliphatic carbocycles. The van der Waals surface area contributed by atoms with E-state index in [-0.39, 0.29) is 6.03 Å². The molecule has 4 aromatic rings. The normalized spacial score (nSPS) is 10.6. The number of carbonyl (C=O) groups is 1. The van der Waals surface area contributed by atoms with Gasteiger partial charge >= 0.3 is 6.03 Å². The fourth-order valence-electron chi connectivity index (χ4n) is 2.75. The van der Waals surface area contributed by atoms with Gasteiger partial charge in [-0.05, 0) is 23.1 Å². The minimum Gasteiger partial charge on any atom is -0.334 e. The van der Waals surface area contributed by atoms with E-state index >= 15 is 0 Å². The number of urea groups is 1. The molecule has 2 aromatic heterocycles. The maximum Gasteiger partial charge on any atom is 0.319 e. The molecule has 0 fully saturated rings. The molecule has 2 N–H and O–H groups in total. The maximum atomic E-state index is 12.2. The first-order chi connectivity index (χ1) is 12.8. The second kappa shape index (κ2) is 7.06. The molecule has 128 valence electrons. The number of hydrogen-bond donors (Lipinski definition) is 2. The smallest absolute Gasteiger partial charge is 0.319 e. The fourth-order valence-corrected chi connectivity index (χ4v) is 2.75. The molecule has 0 aliphatic heterocycles. The van der Waals surface area contributed by atoms with Gasteiger partial charge in [0.05, 0.1) is 5.69 Å². The van der Waals surface area contributed by atoms with E-state index in [0.29, 0.717) is 6.54 Å². The van der Waals surface area contributed by atoms with E-state index in [9.17, 15) is 4.79 Å². The van der Waals surface area contributed by atoms with Crippen molar-refractivity contribution in [2.75, 3.05) is 5.32 Å². The highest BCUT2D eigenvalue weighted by atomic mass is 16.2. The molecular weight excluding hydrogens is 326 g/mol. The predicted octanol–water partition coefficient (Wildman–Crippen LogP) is 3.74. The molecule has 0 saturated heterocycles. The average Bonchev–Trinajstić information content (AvgIpc) is 3.22. The van der Waals surface area contributed by atoms with Crippen molar-refractivity contribution in [3.05, 3.63) is 85.1 Å². The summed E-state index contributed by atoms with van der Waals surface area (Å²) in [7, 11) is 0. The Morgan fingerprint density at radius 2 is 1.92 bits per heavy atom. The van der Waals surface area contributed by atoms with Crippen molar-refractivity contribution in [1.29, 1.82) is 0 Å². The van der Waals surface area contributed by atoms with Crippen LogP contribution in [0.4, 0.5) is 10.5 Å². The third kappa shape index (κ3) is 3.39. The van der Waals surface area contributed by atoms with Crippen LogP contribution in [0.15, 0.2) is 79.5 Å². The van der Waals surface area contributed by atoms with Gasteiger partial charge in [0.1, 0.15) is 12.1 Å². The van der Waals surface area contributed by atoms with Crippen LogP contribution in [0.25, 0.3) is 16.6 Å². The fraction of sp³-hybridized carbons (Fsp3) is 0.0500. The molecule has 26 heavy (non-hydrogen) atoms. The molecule has 2 amide bonds. The van der Waals surface area contributed by atoms with Gasteiger partial charge in [-0.3, -0.25) is 4.57 Å². The van der Waals surface area contributed by atoms with Crippen molar-refractivity contribution >= 4 is 22.5 Å². The number of fused-ring (bicyclic) bond motifs is 1. The van der Waals surface area contributed by atoms with Crippen LogP contribution in [0.2, 0.25) is 0 Å². The number of hydrogen-bond acceptors (Lipinski definition) is 3. The van der Waals surface area contributed by atoms with Crippen LogP contribution in [0.1, 0.15) is 5.56 Å². The van der Waals surface area contributed by atoms with Crippen LogP contribution in [-0.4, -0.2) is 20.6 Å². The van der Waals surface area contributed by atoms with Gasteiger partial charge in [-0.25, -0.2) is 14.8 Å². The van der Waals surface area contributed by atoms with E-state index in [1.807, 2.05) is 65.4 Å². The first-order valence-electron chi connectivity index (χ1n) is 8.25. The van der Waals surface area contributed by atoms with Crippen molar-refractivity contribution < 1.29 is 4.79 Å². The Bertz CT molecular complexity index is 1020. The lowest BCUT2D eigenvalue weighted by atomic mass is 10.1. The number of nitrogens with zero attached hydrogens (tertiary/aromatic N) is 3. The SMILES string of the molecule is O=C(NCc1ccc(-n2ccnc2)nc1)Nc1cccc2ccccc12. The van der Waals surface area contributed by atoms with Gasteiger partial charge in [-0.15, -0.1) is 0 Å². The first-order valence-corrected chi connectivity index (χ1v) is 8.25. The maximum absolute atomic E-state index is 12.2. The van der Waals surface area contributed by atoms with Gasteiger partial charge in [0.25, 0.3) is 0 Å². The molecule has 0 aliphatic rings. The summed E-state index contributed by atoms with van der Waals surface area (Å²) < 4.78 is 1.82. The molecule has 0 atom stereocenters. The van der Waals surface area contributed by atoms with Crippen molar-refractivity contribution in [2.24, 2.45) is 0 Å². The van der Waals surface area contributed by atoms with Crippen molar-refractivity contribution in [3.63, 3.8) is 0 Å². The average molecular weight is 343 g/mol. The number of imidazole rings is 1. The molecule has 0 saturated carbocycles. The van der Waals surface area contributed by atoms with Crippen LogP contribution >= 0.6 is 0 Å². The zero-order valence-electron chi connectivity index (χ0n) is 14.0. The van der Waals surface area contributed by atoms with E-state index in [2.05, 4.69) is 20.6 Å². The number of carbonyl (C=O) groups excluding carboxylic acids is 1. The van der Waals surface area contributed by atoms with E-state index in [1.54, 1.807) is 18.7 Å². The minimum atomic E-state index is -0.250. The number of aromatic nitrogens is 3. The van der Waals surface area contributed by atoms with Crippen LogP contribution in [0, 0.1) is 0 Å². The standard InChI is InChI=1S/C20H17N5O/c26-20(24-18-7-3-5-16-4-1-2-6-17(16)18)23-13-15-8-9-19(22-12-15)25-11-10-21-14-25/h1-12,14H,13H2,(H2,23,24,26). The first kappa shape index (κ1) is 15.8. The summed E-state index contributed by atoms with van der Waals surface area (Å²) in [5.41, 5.74) is 1.70.